The van der Waals surface area contributed by atoms with Crippen LogP contribution in [-0.4, -0.2) is 9.97 Å². The largest absolute Gasteiger partial charge is 0.464 e. The van der Waals surface area contributed by atoms with Crippen molar-refractivity contribution < 1.29 is 4.42 Å². The fraction of sp³-hybridized carbons (Fsp3) is 0.143. The standard InChI is InChI=1S/C14H13N3O/c1-9-7-16-14(17-12(9)6-15)11-8-18-13-5-3-2-4-10(11)13/h2-5,7-8H,6,15H2,1H3. The topological polar surface area (TPSA) is 64.9 Å². The molecule has 0 bridgehead atoms. The Hall–Kier alpha value is -2.20. The molecule has 18 heavy (non-hydrogen) atoms. The second kappa shape index (κ2) is 4.23. The van der Waals surface area contributed by atoms with E-state index in [0.29, 0.717) is 12.4 Å². The third-order valence-electron chi connectivity index (χ3n) is 2.99. The lowest BCUT2D eigenvalue weighted by Gasteiger charge is -2.03. The Morgan fingerprint density at radius 2 is 2.11 bits per heavy atom. The molecule has 0 amide bonds. The molecule has 0 atom stereocenters. The van der Waals surface area contributed by atoms with Crippen LogP contribution in [0.3, 0.4) is 0 Å². The van der Waals surface area contributed by atoms with Crippen LogP contribution in [0.2, 0.25) is 0 Å². The van der Waals surface area contributed by atoms with Crippen LogP contribution in [0.25, 0.3) is 22.4 Å². The zero-order valence-electron chi connectivity index (χ0n) is 10.1. The fourth-order valence-corrected chi connectivity index (χ4v) is 1.96. The van der Waals surface area contributed by atoms with Crippen LogP contribution in [0.4, 0.5) is 0 Å². The average molecular weight is 239 g/mol. The van der Waals surface area contributed by atoms with Crippen molar-refractivity contribution in [3.05, 3.63) is 48.0 Å². The van der Waals surface area contributed by atoms with Crippen LogP contribution in [0.5, 0.6) is 0 Å². The zero-order chi connectivity index (χ0) is 12.5. The lowest BCUT2D eigenvalue weighted by Crippen LogP contribution is -2.04. The van der Waals surface area contributed by atoms with Gasteiger partial charge in [-0.3, -0.25) is 0 Å². The number of para-hydroxylation sites is 1. The third kappa shape index (κ3) is 1.67. The zero-order valence-corrected chi connectivity index (χ0v) is 10.1. The Morgan fingerprint density at radius 1 is 1.28 bits per heavy atom. The number of furan rings is 1. The van der Waals surface area contributed by atoms with Crippen LogP contribution in [-0.2, 0) is 6.54 Å². The van der Waals surface area contributed by atoms with Crippen molar-refractivity contribution in [1.29, 1.82) is 0 Å². The summed E-state index contributed by atoms with van der Waals surface area (Å²) in [4.78, 5) is 8.84. The molecule has 0 aliphatic carbocycles. The minimum Gasteiger partial charge on any atom is -0.464 e. The Morgan fingerprint density at radius 3 is 2.94 bits per heavy atom. The number of nitrogens with zero attached hydrogens (tertiary/aromatic N) is 2. The van der Waals surface area contributed by atoms with E-state index in [2.05, 4.69) is 9.97 Å². The molecule has 3 rings (SSSR count). The Balaban J connectivity index is 2.20. The number of hydrogen-bond donors (Lipinski definition) is 1. The molecule has 3 aromatic rings. The highest BCUT2D eigenvalue weighted by Gasteiger charge is 2.11. The molecule has 0 fully saturated rings. The number of aromatic nitrogens is 2. The van der Waals surface area contributed by atoms with Crippen molar-refractivity contribution in [2.45, 2.75) is 13.5 Å². The predicted molar refractivity (Wildman–Crippen MR) is 69.9 cm³/mol. The van der Waals surface area contributed by atoms with Gasteiger partial charge in [0.15, 0.2) is 5.82 Å². The molecule has 0 aliphatic rings. The average Bonchev–Trinajstić information content (AvgIpc) is 2.83. The van der Waals surface area contributed by atoms with E-state index in [1.165, 1.54) is 0 Å². The number of benzene rings is 1. The first kappa shape index (κ1) is 10.9. The fourth-order valence-electron chi connectivity index (χ4n) is 1.96. The van der Waals surface area contributed by atoms with E-state index in [0.717, 1.165) is 27.8 Å². The summed E-state index contributed by atoms with van der Waals surface area (Å²) in [7, 11) is 0. The van der Waals surface area contributed by atoms with E-state index in [1.807, 2.05) is 31.2 Å². The summed E-state index contributed by atoms with van der Waals surface area (Å²) in [5.41, 5.74) is 9.29. The van der Waals surface area contributed by atoms with Gasteiger partial charge in [0.25, 0.3) is 0 Å². The second-order valence-corrected chi connectivity index (χ2v) is 4.17. The summed E-state index contributed by atoms with van der Waals surface area (Å²) in [6.07, 6.45) is 3.49. The highest BCUT2D eigenvalue weighted by atomic mass is 16.3. The minimum absolute atomic E-state index is 0.414. The number of rotatable bonds is 2. The normalized spacial score (nSPS) is 11.0. The highest BCUT2D eigenvalue weighted by molar-refractivity contribution is 5.91. The Bertz CT molecular complexity index is 703. The monoisotopic (exact) mass is 239 g/mol. The molecular formula is C14H13N3O. The van der Waals surface area contributed by atoms with E-state index in [4.69, 9.17) is 10.2 Å². The van der Waals surface area contributed by atoms with Gasteiger partial charge in [0, 0.05) is 18.1 Å². The maximum absolute atomic E-state index is 5.67. The quantitative estimate of drug-likeness (QED) is 0.746. The summed E-state index contributed by atoms with van der Waals surface area (Å²) in [6, 6.07) is 7.84. The summed E-state index contributed by atoms with van der Waals surface area (Å²) >= 11 is 0. The van der Waals surface area contributed by atoms with Crippen molar-refractivity contribution in [2.24, 2.45) is 5.73 Å². The van der Waals surface area contributed by atoms with Crippen LogP contribution in [0.1, 0.15) is 11.3 Å². The molecular weight excluding hydrogens is 226 g/mol. The molecule has 0 unspecified atom stereocenters. The predicted octanol–water partition coefficient (Wildman–Crippen LogP) is 2.66. The first-order chi connectivity index (χ1) is 8.79. The number of aryl methyl sites for hydroxylation is 1. The molecule has 0 radical (unpaired) electrons. The van der Waals surface area contributed by atoms with Crippen molar-refractivity contribution in [1.82, 2.24) is 9.97 Å². The molecule has 2 N–H and O–H groups in total. The van der Waals surface area contributed by atoms with E-state index in [9.17, 15) is 0 Å². The van der Waals surface area contributed by atoms with Crippen LogP contribution in [0, 0.1) is 6.92 Å². The van der Waals surface area contributed by atoms with Crippen LogP contribution >= 0.6 is 0 Å². The lowest BCUT2D eigenvalue weighted by molar-refractivity contribution is 0.616. The van der Waals surface area contributed by atoms with E-state index in [1.54, 1.807) is 12.5 Å². The molecule has 0 saturated carbocycles. The van der Waals surface area contributed by atoms with Crippen molar-refractivity contribution in [2.75, 3.05) is 0 Å². The molecule has 4 nitrogen and oxygen atoms in total. The Kier molecular flexibility index (Phi) is 2.57. The first-order valence-corrected chi connectivity index (χ1v) is 5.79. The van der Waals surface area contributed by atoms with Gasteiger partial charge in [0.1, 0.15) is 11.8 Å². The summed E-state index contributed by atoms with van der Waals surface area (Å²) in [6.45, 7) is 2.37. The molecule has 0 aliphatic heterocycles. The van der Waals surface area contributed by atoms with Crippen molar-refractivity contribution >= 4 is 11.0 Å². The van der Waals surface area contributed by atoms with Crippen molar-refractivity contribution in [3.8, 4) is 11.4 Å². The first-order valence-electron chi connectivity index (χ1n) is 5.79. The smallest absolute Gasteiger partial charge is 0.163 e. The van der Waals surface area contributed by atoms with Gasteiger partial charge in [-0.25, -0.2) is 9.97 Å². The maximum atomic E-state index is 5.67. The minimum atomic E-state index is 0.414. The van der Waals surface area contributed by atoms with Gasteiger partial charge in [-0.15, -0.1) is 0 Å². The summed E-state index contributed by atoms with van der Waals surface area (Å²) in [5, 5.41) is 1.02. The van der Waals surface area contributed by atoms with Gasteiger partial charge < -0.3 is 10.2 Å². The maximum Gasteiger partial charge on any atom is 0.163 e. The van der Waals surface area contributed by atoms with Crippen molar-refractivity contribution in [3.63, 3.8) is 0 Å². The second-order valence-electron chi connectivity index (χ2n) is 4.17. The molecule has 1 aromatic carbocycles. The highest BCUT2D eigenvalue weighted by Crippen LogP contribution is 2.28. The van der Waals surface area contributed by atoms with Gasteiger partial charge in [-0.2, -0.15) is 0 Å². The van der Waals surface area contributed by atoms with Crippen LogP contribution < -0.4 is 5.73 Å². The molecule has 2 aromatic heterocycles. The number of hydrogen-bond acceptors (Lipinski definition) is 4. The molecule has 2 heterocycles. The van der Waals surface area contributed by atoms with E-state index >= 15 is 0 Å². The number of fused-ring (bicyclic) bond motifs is 1. The molecule has 0 spiro atoms. The van der Waals surface area contributed by atoms with Crippen LogP contribution in [0.15, 0.2) is 41.1 Å². The SMILES string of the molecule is Cc1cnc(-c2coc3ccccc23)nc1CN. The van der Waals surface area contributed by atoms with Gasteiger partial charge in [-0.1, -0.05) is 18.2 Å². The summed E-state index contributed by atoms with van der Waals surface area (Å²) in [5.74, 6) is 0.658. The van der Waals surface area contributed by atoms with E-state index < -0.39 is 0 Å². The van der Waals surface area contributed by atoms with Gasteiger partial charge in [0.05, 0.1) is 11.3 Å². The van der Waals surface area contributed by atoms with Gasteiger partial charge in [-0.05, 0) is 18.6 Å². The Labute approximate surface area is 104 Å². The molecule has 0 saturated heterocycles. The number of nitrogens with two attached hydrogens (primary N) is 1. The lowest BCUT2D eigenvalue weighted by atomic mass is 10.1. The molecule has 4 heteroatoms. The van der Waals surface area contributed by atoms with Gasteiger partial charge in [0.2, 0.25) is 0 Å². The van der Waals surface area contributed by atoms with E-state index in [-0.39, 0.29) is 0 Å². The third-order valence-corrected chi connectivity index (χ3v) is 2.99. The summed E-state index contributed by atoms with van der Waals surface area (Å²) < 4.78 is 5.50. The molecule has 90 valence electrons. The van der Waals surface area contributed by atoms with Gasteiger partial charge >= 0.3 is 0 Å².